The summed E-state index contributed by atoms with van der Waals surface area (Å²) >= 11 is 7.23. The number of benzene rings is 2. The second kappa shape index (κ2) is 6.61. The Morgan fingerprint density at radius 2 is 2.00 bits per heavy atom. The largest absolute Gasteiger partial charge is 0.298 e. The molecule has 0 aliphatic heterocycles. The average molecular weight is 340 g/mol. The van der Waals surface area contributed by atoms with Crippen molar-refractivity contribution < 1.29 is 4.79 Å². The van der Waals surface area contributed by atoms with E-state index < -0.39 is 0 Å². The van der Waals surface area contributed by atoms with Gasteiger partial charge in [0.05, 0.1) is 17.3 Å². The van der Waals surface area contributed by atoms with Crippen molar-refractivity contribution in [3.8, 4) is 17.3 Å². The Morgan fingerprint density at radius 1 is 1.22 bits per heavy atom. The van der Waals surface area contributed by atoms with Gasteiger partial charge in [0.25, 0.3) is 5.91 Å². The Balaban J connectivity index is 1.76. The van der Waals surface area contributed by atoms with Crippen molar-refractivity contribution in [3.05, 3.63) is 70.1 Å². The molecule has 0 saturated carbocycles. The van der Waals surface area contributed by atoms with Crippen molar-refractivity contribution in [1.29, 1.82) is 5.26 Å². The number of carbonyl (C=O) groups excluding carboxylic acids is 1. The van der Waals surface area contributed by atoms with Crippen molar-refractivity contribution in [2.45, 2.75) is 0 Å². The van der Waals surface area contributed by atoms with Crippen molar-refractivity contribution in [3.63, 3.8) is 0 Å². The van der Waals surface area contributed by atoms with Gasteiger partial charge in [0.1, 0.15) is 0 Å². The van der Waals surface area contributed by atoms with Gasteiger partial charge in [-0.15, -0.1) is 11.3 Å². The summed E-state index contributed by atoms with van der Waals surface area (Å²) in [6.45, 7) is 0. The lowest BCUT2D eigenvalue weighted by Gasteiger charge is -2.02. The molecule has 0 aliphatic rings. The van der Waals surface area contributed by atoms with E-state index in [0.717, 1.165) is 11.3 Å². The maximum Gasteiger partial charge on any atom is 0.257 e. The van der Waals surface area contributed by atoms with Gasteiger partial charge in [-0.05, 0) is 30.3 Å². The van der Waals surface area contributed by atoms with Gasteiger partial charge >= 0.3 is 0 Å². The fourth-order valence-electron chi connectivity index (χ4n) is 1.98. The summed E-state index contributed by atoms with van der Waals surface area (Å²) in [5.41, 5.74) is 2.72. The molecule has 0 radical (unpaired) electrons. The molecule has 1 amide bonds. The molecule has 0 unspecified atom stereocenters. The van der Waals surface area contributed by atoms with Crippen LogP contribution in [0, 0.1) is 11.3 Å². The molecule has 6 heteroatoms. The van der Waals surface area contributed by atoms with Gasteiger partial charge in [-0.2, -0.15) is 5.26 Å². The standard InChI is InChI=1S/C17H10ClN3OS/c18-14-3-1-2-13(8-14)16(22)21-17-20-15(10-23-17)12-6-4-11(9-19)5-7-12/h1-8,10H,(H,20,21,22). The lowest BCUT2D eigenvalue weighted by Crippen LogP contribution is -2.11. The summed E-state index contributed by atoms with van der Waals surface area (Å²) in [6, 6.07) is 15.9. The van der Waals surface area contributed by atoms with E-state index in [-0.39, 0.29) is 5.91 Å². The highest BCUT2D eigenvalue weighted by Gasteiger charge is 2.10. The number of nitrogens with zero attached hydrogens (tertiary/aromatic N) is 2. The van der Waals surface area contributed by atoms with Crippen LogP contribution in [0.3, 0.4) is 0 Å². The summed E-state index contributed by atoms with van der Waals surface area (Å²) in [5, 5.41) is 14.4. The second-order valence-corrected chi connectivity index (χ2v) is 5.99. The number of anilines is 1. The molecular formula is C17H10ClN3OS. The van der Waals surface area contributed by atoms with Crippen LogP contribution in [0.15, 0.2) is 53.9 Å². The zero-order valence-electron chi connectivity index (χ0n) is 11.8. The number of aromatic nitrogens is 1. The SMILES string of the molecule is N#Cc1ccc(-c2csc(NC(=O)c3cccc(Cl)c3)n2)cc1. The smallest absolute Gasteiger partial charge is 0.257 e. The third-order valence-corrected chi connectivity index (χ3v) is 4.11. The molecule has 0 aliphatic carbocycles. The Hall–Kier alpha value is -2.68. The molecule has 2 aromatic carbocycles. The summed E-state index contributed by atoms with van der Waals surface area (Å²) in [4.78, 5) is 16.6. The Kier molecular flexibility index (Phi) is 4.38. The lowest BCUT2D eigenvalue weighted by atomic mass is 10.1. The molecule has 4 nitrogen and oxygen atoms in total. The van der Waals surface area contributed by atoms with Crippen molar-refractivity contribution in [2.24, 2.45) is 0 Å². The Morgan fingerprint density at radius 3 is 2.70 bits per heavy atom. The first-order chi connectivity index (χ1) is 11.2. The quantitative estimate of drug-likeness (QED) is 0.759. The van der Waals surface area contributed by atoms with E-state index in [0.29, 0.717) is 21.3 Å². The van der Waals surface area contributed by atoms with Gasteiger partial charge in [-0.25, -0.2) is 4.98 Å². The van der Waals surface area contributed by atoms with E-state index in [4.69, 9.17) is 16.9 Å². The fraction of sp³-hybridized carbons (Fsp3) is 0. The van der Waals surface area contributed by atoms with Crippen LogP contribution >= 0.6 is 22.9 Å². The number of nitrogens with one attached hydrogen (secondary N) is 1. The molecule has 23 heavy (non-hydrogen) atoms. The number of hydrogen-bond donors (Lipinski definition) is 1. The molecule has 0 bridgehead atoms. The summed E-state index contributed by atoms with van der Waals surface area (Å²) in [7, 11) is 0. The highest BCUT2D eigenvalue weighted by atomic mass is 35.5. The molecule has 0 spiro atoms. The van der Waals surface area contributed by atoms with Crippen LogP contribution in [0.1, 0.15) is 15.9 Å². The van der Waals surface area contributed by atoms with Gasteiger partial charge < -0.3 is 0 Å². The number of halogens is 1. The minimum atomic E-state index is -0.256. The molecule has 0 fully saturated rings. The zero-order valence-corrected chi connectivity index (χ0v) is 13.4. The minimum Gasteiger partial charge on any atom is -0.298 e. The predicted molar refractivity (Wildman–Crippen MR) is 91.7 cm³/mol. The van der Waals surface area contributed by atoms with Crippen molar-refractivity contribution in [1.82, 2.24) is 4.98 Å². The molecule has 1 heterocycles. The highest BCUT2D eigenvalue weighted by molar-refractivity contribution is 7.14. The first-order valence-electron chi connectivity index (χ1n) is 6.69. The van der Waals surface area contributed by atoms with Crippen molar-refractivity contribution in [2.75, 3.05) is 5.32 Å². The van der Waals surface area contributed by atoms with E-state index in [2.05, 4.69) is 16.4 Å². The van der Waals surface area contributed by atoms with Crippen LogP contribution in [0.5, 0.6) is 0 Å². The second-order valence-electron chi connectivity index (χ2n) is 4.69. The van der Waals surface area contributed by atoms with Crippen LogP contribution < -0.4 is 5.32 Å². The Bertz CT molecular complexity index is 897. The van der Waals surface area contributed by atoms with Crippen LogP contribution in [0.25, 0.3) is 11.3 Å². The van der Waals surface area contributed by atoms with Gasteiger partial charge in [0.2, 0.25) is 0 Å². The lowest BCUT2D eigenvalue weighted by molar-refractivity contribution is 0.102. The van der Waals surface area contributed by atoms with E-state index in [1.165, 1.54) is 11.3 Å². The van der Waals surface area contributed by atoms with Gasteiger partial charge in [-0.1, -0.05) is 29.8 Å². The molecule has 0 saturated heterocycles. The van der Waals surface area contributed by atoms with Gasteiger partial charge in [-0.3, -0.25) is 10.1 Å². The number of nitriles is 1. The predicted octanol–water partition coefficient (Wildman–Crippen LogP) is 4.59. The molecule has 3 rings (SSSR count). The average Bonchev–Trinajstić information content (AvgIpc) is 3.03. The molecule has 3 aromatic rings. The van der Waals surface area contributed by atoms with Crippen LogP contribution in [0.4, 0.5) is 5.13 Å². The van der Waals surface area contributed by atoms with E-state index >= 15 is 0 Å². The molecule has 0 atom stereocenters. The summed E-state index contributed by atoms with van der Waals surface area (Å²) in [5.74, 6) is -0.256. The van der Waals surface area contributed by atoms with Gasteiger partial charge in [0, 0.05) is 21.5 Å². The number of carbonyl (C=O) groups is 1. The topological polar surface area (TPSA) is 65.8 Å². The summed E-state index contributed by atoms with van der Waals surface area (Å²) < 4.78 is 0. The number of thiazole rings is 1. The number of rotatable bonds is 3. The first kappa shape index (κ1) is 15.2. The monoisotopic (exact) mass is 339 g/mol. The summed E-state index contributed by atoms with van der Waals surface area (Å²) in [6.07, 6.45) is 0. The van der Waals surface area contributed by atoms with Crippen molar-refractivity contribution >= 4 is 34.0 Å². The molecule has 1 N–H and O–H groups in total. The third kappa shape index (κ3) is 3.57. The first-order valence-corrected chi connectivity index (χ1v) is 7.94. The maximum atomic E-state index is 12.2. The number of amides is 1. The fourth-order valence-corrected chi connectivity index (χ4v) is 2.88. The van der Waals surface area contributed by atoms with E-state index in [1.807, 2.05) is 17.5 Å². The van der Waals surface area contributed by atoms with Gasteiger partial charge in [0.15, 0.2) is 5.13 Å². The highest BCUT2D eigenvalue weighted by Crippen LogP contribution is 2.25. The molecule has 1 aromatic heterocycles. The molecular weight excluding hydrogens is 330 g/mol. The number of hydrogen-bond acceptors (Lipinski definition) is 4. The van der Waals surface area contributed by atoms with Crippen LogP contribution in [0.2, 0.25) is 5.02 Å². The minimum absolute atomic E-state index is 0.256. The molecule has 112 valence electrons. The third-order valence-electron chi connectivity index (χ3n) is 3.12. The van der Waals surface area contributed by atoms with E-state index in [9.17, 15) is 4.79 Å². The Labute approximate surface area is 142 Å². The van der Waals surface area contributed by atoms with Crippen LogP contribution in [-0.2, 0) is 0 Å². The normalized spacial score (nSPS) is 10.1. The van der Waals surface area contributed by atoms with E-state index in [1.54, 1.807) is 36.4 Å². The van der Waals surface area contributed by atoms with Crippen LogP contribution in [-0.4, -0.2) is 10.9 Å². The zero-order chi connectivity index (χ0) is 16.2. The maximum absolute atomic E-state index is 12.2.